The van der Waals surface area contributed by atoms with Gasteiger partial charge in [0.05, 0.1) is 23.9 Å². The second-order valence-electron chi connectivity index (χ2n) is 5.93. The molecule has 1 saturated heterocycles. The zero-order valence-electron chi connectivity index (χ0n) is 14.4. The van der Waals surface area contributed by atoms with Gasteiger partial charge in [0.25, 0.3) is 0 Å². The highest BCUT2D eigenvalue weighted by atomic mass is 35.5. The molecule has 2 heterocycles. The van der Waals surface area contributed by atoms with Crippen molar-refractivity contribution >= 4 is 11.6 Å². The smallest absolute Gasteiger partial charge is 0.222 e. The maximum Gasteiger partial charge on any atom is 0.222 e. The fourth-order valence-corrected chi connectivity index (χ4v) is 2.60. The third kappa shape index (κ3) is 4.92. The van der Waals surface area contributed by atoms with Crippen molar-refractivity contribution in [2.45, 2.75) is 19.6 Å². The second-order valence-corrected chi connectivity index (χ2v) is 6.33. The van der Waals surface area contributed by atoms with E-state index in [4.69, 9.17) is 21.1 Å². The zero-order chi connectivity index (χ0) is 18.4. The van der Waals surface area contributed by atoms with Crippen molar-refractivity contribution in [3.05, 3.63) is 65.1 Å². The normalized spacial score (nSPS) is 20.0. The van der Waals surface area contributed by atoms with Gasteiger partial charge in [-0.25, -0.2) is 4.39 Å². The van der Waals surface area contributed by atoms with E-state index < -0.39 is 12.1 Å². The lowest BCUT2D eigenvalue weighted by atomic mass is 10.1. The minimum Gasteiger partial charge on any atom is -0.341 e. The van der Waals surface area contributed by atoms with Crippen LogP contribution in [0.3, 0.4) is 0 Å². The summed E-state index contributed by atoms with van der Waals surface area (Å²) in [6, 6.07) is 8.23. The van der Waals surface area contributed by atoms with Crippen LogP contribution >= 0.6 is 11.6 Å². The van der Waals surface area contributed by atoms with Crippen molar-refractivity contribution in [1.29, 1.82) is 0 Å². The number of halogens is 2. The van der Waals surface area contributed by atoms with E-state index in [2.05, 4.69) is 35.9 Å². The molecule has 5 heteroatoms. The molecule has 1 aromatic heterocycles. The van der Waals surface area contributed by atoms with E-state index in [1.807, 2.05) is 6.07 Å². The monoisotopic (exact) mass is 371 g/mol. The lowest BCUT2D eigenvalue weighted by molar-refractivity contribution is -0.160. The van der Waals surface area contributed by atoms with E-state index in [-0.39, 0.29) is 10.9 Å². The van der Waals surface area contributed by atoms with Gasteiger partial charge < -0.3 is 9.47 Å². The Balaban J connectivity index is 1.61. The summed E-state index contributed by atoms with van der Waals surface area (Å²) < 4.78 is 24.8. The lowest BCUT2D eigenvalue weighted by Gasteiger charge is -2.24. The quantitative estimate of drug-likeness (QED) is 0.571. The summed E-state index contributed by atoms with van der Waals surface area (Å²) in [7, 11) is 0. The first-order valence-electron chi connectivity index (χ1n) is 8.48. The molecule has 0 bridgehead atoms. The van der Waals surface area contributed by atoms with Gasteiger partial charge >= 0.3 is 0 Å². The standard InChI is InChI=1S/C21H19ClFNO2/c1-2-3-4-16-13-25-21(26-14-16)10-6-15-5-9-20(24-12-15)17-7-8-18(22)19(23)11-17/h3-5,7-9,11-12,16,21H,2,13-14H2,1H3/b4-3+/t16-,21-. The first-order valence-corrected chi connectivity index (χ1v) is 8.86. The van der Waals surface area contributed by atoms with Gasteiger partial charge in [-0.3, -0.25) is 4.98 Å². The zero-order valence-corrected chi connectivity index (χ0v) is 15.2. The Morgan fingerprint density at radius 1 is 1.27 bits per heavy atom. The van der Waals surface area contributed by atoms with Gasteiger partial charge in [0.2, 0.25) is 6.29 Å². The molecular weight excluding hydrogens is 353 g/mol. The fourth-order valence-electron chi connectivity index (χ4n) is 2.48. The molecule has 26 heavy (non-hydrogen) atoms. The van der Waals surface area contributed by atoms with Crippen molar-refractivity contribution in [3.63, 3.8) is 0 Å². The molecular formula is C21H19ClFNO2. The topological polar surface area (TPSA) is 31.4 Å². The number of nitrogens with zero attached hydrogens (tertiary/aromatic N) is 1. The minimum atomic E-state index is -0.522. The second kappa shape index (κ2) is 8.95. The molecule has 0 amide bonds. The summed E-state index contributed by atoms with van der Waals surface area (Å²) >= 11 is 5.70. The summed E-state index contributed by atoms with van der Waals surface area (Å²) in [5, 5.41) is 0.0937. The van der Waals surface area contributed by atoms with Crippen LogP contribution in [0.25, 0.3) is 11.3 Å². The van der Waals surface area contributed by atoms with E-state index >= 15 is 0 Å². The van der Waals surface area contributed by atoms with Gasteiger partial charge in [-0.1, -0.05) is 42.7 Å². The largest absolute Gasteiger partial charge is 0.341 e. The first-order chi connectivity index (χ1) is 12.7. The number of benzene rings is 1. The van der Waals surface area contributed by atoms with Crippen LogP contribution in [-0.2, 0) is 9.47 Å². The molecule has 1 fully saturated rings. The number of ether oxygens (including phenoxy) is 2. The maximum absolute atomic E-state index is 13.6. The molecule has 0 aliphatic carbocycles. The number of allylic oxidation sites excluding steroid dienone is 1. The number of hydrogen-bond acceptors (Lipinski definition) is 3. The third-order valence-corrected chi connectivity index (χ3v) is 4.19. The molecule has 1 aliphatic heterocycles. The Morgan fingerprint density at radius 2 is 2.08 bits per heavy atom. The number of rotatable bonds is 3. The highest BCUT2D eigenvalue weighted by Gasteiger charge is 2.18. The molecule has 0 atom stereocenters. The summed E-state index contributed by atoms with van der Waals surface area (Å²) in [4.78, 5) is 4.33. The van der Waals surface area contributed by atoms with Gasteiger partial charge in [-0.05, 0) is 36.6 Å². The third-order valence-electron chi connectivity index (χ3n) is 3.88. The lowest BCUT2D eigenvalue weighted by Crippen LogP contribution is -2.30. The minimum absolute atomic E-state index is 0.0937. The van der Waals surface area contributed by atoms with E-state index in [1.165, 1.54) is 12.1 Å². The molecule has 1 aromatic carbocycles. The molecule has 3 nitrogen and oxygen atoms in total. The Bertz CT molecular complexity index is 831. The number of pyridine rings is 1. The highest BCUT2D eigenvalue weighted by Crippen LogP contribution is 2.22. The van der Waals surface area contributed by atoms with Crippen molar-refractivity contribution in [2.24, 2.45) is 5.92 Å². The van der Waals surface area contributed by atoms with Crippen LogP contribution < -0.4 is 0 Å². The SMILES string of the molecule is CC/C=C/[C@H]1CO[C@H](C#Cc2ccc(-c3ccc(Cl)c(F)c3)nc2)OC1. The van der Waals surface area contributed by atoms with Gasteiger partial charge in [0.1, 0.15) is 5.82 Å². The Labute approximate surface area is 157 Å². The Morgan fingerprint density at radius 3 is 2.73 bits per heavy atom. The van der Waals surface area contributed by atoms with Crippen LogP contribution in [0.1, 0.15) is 18.9 Å². The molecule has 3 rings (SSSR count). The van der Waals surface area contributed by atoms with E-state index in [1.54, 1.807) is 18.3 Å². The van der Waals surface area contributed by atoms with Crippen LogP contribution in [-0.4, -0.2) is 24.5 Å². The Hall–Kier alpha value is -2.19. The van der Waals surface area contributed by atoms with Gasteiger partial charge in [0.15, 0.2) is 0 Å². The van der Waals surface area contributed by atoms with Crippen molar-refractivity contribution < 1.29 is 13.9 Å². The average molecular weight is 372 g/mol. The molecule has 0 saturated carbocycles. The molecule has 2 aromatic rings. The molecule has 0 spiro atoms. The van der Waals surface area contributed by atoms with Gasteiger partial charge in [0, 0.05) is 23.2 Å². The van der Waals surface area contributed by atoms with Crippen molar-refractivity contribution in [2.75, 3.05) is 13.2 Å². The van der Waals surface area contributed by atoms with E-state index in [0.717, 1.165) is 12.0 Å². The number of aromatic nitrogens is 1. The Kier molecular flexibility index (Phi) is 6.40. The van der Waals surface area contributed by atoms with E-state index in [9.17, 15) is 4.39 Å². The number of hydrogen-bond donors (Lipinski definition) is 0. The molecule has 134 valence electrons. The predicted molar refractivity (Wildman–Crippen MR) is 100 cm³/mol. The van der Waals surface area contributed by atoms with Gasteiger partial charge in [-0.2, -0.15) is 0 Å². The molecule has 0 N–H and O–H groups in total. The van der Waals surface area contributed by atoms with Crippen molar-refractivity contribution in [1.82, 2.24) is 4.98 Å². The molecule has 0 unspecified atom stereocenters. The maximum atomic E-state index is 13.6. The molecule has 1 aliphatic rings. The van der Waals surface area contributed by atoms with Crippen LogP contribution in [0.4, 0.5) is 4.39 Å². The van der Waals surface area contributed by atoms with E-state index in [0.29, 0.717) is 24.5 Å². The summed E-state index contributed by atoms with van der Waals surface area (Å²) in [5.74, 6) is 5.77. The summed E-state index contributed by atoms with van der Waals surface area (Å²) in [6.45, 7) is 3.31. The highest BCUT2D eigenvalue weighted by molar-refractivity contribution is 6.30. The molecule has 0 radical (unpaired) electrons. The predicted octanol–water partition coefficient (Wildman–Crippen LogP) is 4.85. The van der Waals surface area contributed by atoms with Crippen LogP contribution in [0, 0.1) is 23.6 Å². The van der Waals surface area contributed by atoms with Crippen LogP contribution in [0.15, 0.2) is 48.7 Å². The van der Waals surface area contributed by atoms with Crippen molar-refractivity contribution in [3.8, 4) is 23.1 Å². The van der Waals surface area contributed by atoms with Crippen LogP contribution in [0.2, 0.25) is 5.02 Å². The van der Waals surface area contributed by atoms with Crippen LogP contribution in [0.5, 0.6) is 0 Å². The fraction of sp³-hybridized carbons (Fsp3) is 0.286. The summed E-state index contributed by atoms with van der Waals surface area (Å²) in [5.41, 5.74) is 2.06. The summed E-state index contributed by atoms with van der Waals surface area (Å²) in [6.07, 6.45) is 6.36. The average Bonchev–Trinajstić information content (AvgIpc) is 2.68. The van der Waals surface area contributed by atoms with Gasteiger partial charge in [-0.15, -0.1) is 0 Å². The first kappa shape index (κ1) is 18.6.